The molecule has 0 aromatic rings. The van der Waals surface area contributed by atoms with Crippen molar-refractivity contribution >= 4 is 11.9 Å². The quantitative estimate of drug-likeness (QED) is 0.0374. The Morgan fingerprint density at radius 3 is 0.929 bits per heavy atom. The van der Waals surface area contributed by atoms with Crippen LogP contribution in [-0.2, 0) is 19.1 Å². The summed E-state index contributed by atoms with van der Waals surface area (Å²) in [4.78, 5) is 24.3. The van der Waals surface area contributed by atoms with Gasteiger partial charge >= 0.3 is 11.9 Å². The van der Waals surface area contributed by atoms with E-state index in [1.807, 2.05) is 6.08 Å². The third kappa shape index (κ3) is 55.3. The van der Waals surface area contributed by atoms with Gasteiger partial charge in [-0.05, 0) is 122 Å². The summed E-state index contributed by atoms with van der Waals surface area (Å²) in [6.45, 7) is 3.78. The lowest BCUT2D eigenvalue weighted by Gasteiger charge is -2.15. The largest absolute Gasteiger partial charge is 0.461 e. The molecule has 70 heavy (non-hydrogen) atoms. The molecule has 5 nitrogen and oxygen atoms in total. The predicted octanol–water partition coefficient (Wildman–Crippen LogP) is 18.5. The third-order valence-electron chi connectivity index (χ3n) is 10.4. The number of aliphatic hydroxyl groups excluding tert-OH is 1. The Bertz CT molecular complexity index is 1700. The van der Waals surface area contributed by atoms with Crippen LogP contribution in [0, 0.1) is 0 Å². The molecule has 0 aromatic carbocycles. The van der Waals surface area contributed by atoms with E-state index in [1.165, 1.54) is 25.7 Å². The van der Waals surface area contributed by atoms with E-state index in [0.29, 0.717) is 6.42 Å². The van der Waals surface area contributed by atoms with Crippen molar-refractivity contribution in [1.29, 1.82) is 0 Å². The van der Waals surface area contributed by atoms with Crippen LogP contribution >= 0.6 is 0 Å². The van der Waals surface area contributed by atoms with E-state index in [0.717, 1.165) is 128 Å². The van der Waals surface area contributed by atoms with Crippen LogP contribution in [0.4, 0.5) is 0 Å². The summed E-state index contributed by atoms with van der Waals surface area (Å²) in [6, 6.07) is 0. The Hall–Kier alpha value is -5.26. The number of carbonyl (C=O) groups excluding carboxylic acids is 2. The highest BCUT2D eigenvalue weighted by atomic mass is 16.6. The summed E-state index contributed by atoms with van der Waals surface area (Å²) in [6.07, 6.45) is 94.2. The number of hydrogen-bond acceptors (Lipinski definition) is 5. The van der Waals surface area contributed by atoms with Gasteiger partial charge in [-0.15, -0.1) is 0 Å². The molecule has 386 valence electrons. The number of hydrogen-bond donors (Lipinski definition) is 1. The minimum Gasteiger partial charge on any atom is -0.461 e. The van der Waals surface area contributed by atoms with Crippen LogP contribution in [-0.4, -0.2) is 36.4 Å². The number of unbranched alkanes of at least 4 members (excludes halogenated alkanes) is 7. The number of aliphatic hydroxyl groups is 1. The fraction of sp³-hybridized carbons (Fsp3) is 0.477. The van der Waals surface area contributed by atoms with Gasteiger partial charge in [-0.3, -0.25) is 9.59 Å². The number of rotatable bonds is 46. The second-order valence-corrected chi connectivity index (χ2v) is 16.9. The summed E-state index contributed by atoms with van der Waals surface area (Å²) >= 11 is 0. The summed E-state index contributed by atoms with van der Waals surface area (Å²) in [5, 5.41) is 9.60. The zero-order chi connectivity index (χ0) is 50.6. The Morgan fingerprint density at radius 2 is 0.614 bits per heavy atom. The van der Waals surface area contributed by atoms with Crippen LogP contribution in [0.15, 0.2) is 194 Å². The third-order valence-corrected chi connectivity index (χ3v) is 10.4. The van der Waals surface area contributed by atoms with E-state index in [4.69, 9.17) is 9.47 Å². The minimum absolute atomic E-state index is 0.138. The molecule has 1 unspecified atom stereocenters. The second-order valence-electron chi connectivity index (χ2n) is 16.9. The molecule has 0 saturated carbocycles. The smallest absolute Gasteiger partial charge is 0.309 e. The maximum absolute atomic E-state index is 12.3. The van der Waals surface area contributed by atoms with E-state index in [2.05, 4.69) is 196 Å². The molecule has 0 spiro atoms. The van der Waals surface area contributed by atoms with Gasteiger partial charge in [0.2, 0.25) is 0 Å². The van der Waals surface area contributed by atoms with Crippen molar-refractivity contribution in [3.05, 3.63) is 194 Å². The summed E-state index contributed by atoms with van der Waals surface area (Å²) < 4.78 is 10.5. The second kappa shape index (κ2) is 58.1. The van der Waals surface area contributed by atoms with Gasteiger partial charge in [-0.2, -0.15) is 0 Å². The maximum atomic E-state index is 12.3. The van der Waals surface area contributed by atoms with Crippen LogP contribution in [0.5, 0.6) is 0 Å². The molecular weight excluding hydrogens is 861 g/mol. The summed E-state index contributed by atoms with van der Waals surface area (Å²) in [5.41, 5.74) is 0. The molecular formula is C65H96O5. The highest BCUT2D eigenvalue weighted by Gasteiger charge is 2.15. The van der Waals surface area contributed by atoms with Crippen molar-refractivity contribution in [2.75, 3.05) is 13.2 Å². The summed E-state index contributed by atoms with van der Waals surface area (Å²) in [5.74, 6) is -0.770. The number of allylic oxidation sites excluding steroid dienone is 31. The van der Waals surface area contributed by atoms with E-state index in [9.17, 15) is 14.7 Å². The molecule has 0 aliphatic rings. The van der Waals surface area contributed by atoms with Crippen LogP contribution < -0.4 is 0 Å². The lowest BCUT2D eigenvalue weighted by Crippen LogP contribution is -2.28. The monoisotopic (exact) mass is 957 g/mol. The highest BCUT2D eigenvalue weighted by molar-refractivity contribution is 5.71. The Morgan fingerprint density at radius 1 is 0.343 bits per heavy atom. The van der Waals surface area contributed by atoms with E-state index < -0.39 is 12.1 Å². The van der Waals surface area contributed by atoms with Crippen molar-refractivity contribution in [3.63, 3.8) is 0 Å². The van der Waals surface area contributed by atoms with Gasteiger partial charge in [0.05, 0.1) is 13.0 Å². The molecule has 0 saturated heterocycles. The molecule has 0 amide bonds. The van der Waals surface area contributed by atoms with Crippen molar-refractivity contribution in [2.24, 2.45) is 0 Å². The van der Waals surface area contributed by atoms with Crippen molar-refractivity contribution in [2.45, 2.75) is 187 Å². The van der Waals surface area contributed by atoms with Crippen molar-refractivity contribution < 1.29 is 24.2 Å². The van der Waals surface area contributed by atoms with E-state index in [1.54, 1.807) is 6.08 Å². The molecule has 0 heterocycles. The molecule has 0 aromatic heterocycles. The van der Waals surface area contributed by atoms with Gasteiger partial charge in [0.15, 0.2) is 6.10 Å². The lowest BCUT2D eigenvalue weighted by molar-refractivity contribution is -0.161. The first-order chi connectivity index (χ1) is 34.6. The first kappa shape index (κ1) is 64.7. The topological polar surface area (TPSA) is 72.8 Å². The molecule has 1 atom stereocenters. The maximum Gasteiger partial charge on any atom is 0.309 e. The molecule has 0 bridgehead atoms. The fourth-order valence-electron chi connectivity index (χ4n) is 6.45. The number of esters is 2. The average molecular weight is 957 g/mol. The molecule has 0 radical (unpaired) electrons. The molecule has 5 heteroatoms. The standard InChI is InChI=1S/C65H96O5/c1-3-5-7-9-11-13-15-17-19-20-21-22-23-24-25-26-27-28-29-30-31-32-33-34-35-36-37-38-39-40-41-42-43-44-46-48-50-52-54-56-58-60-65(68)70-63(61-66)62-69-64(67)59-57-55-53-51-49-47-45-18-16-14-12-10-8-6-4-2/h5-8,11-14,17-19,21-22,24-25,27-28,30-31,33-34,36-37,39-40,42-43,45,49,51,55,57,63,66H,3-4,9-10,15-16,20,23,26,29,32,35,38,41,44,46-48,50,52-54,56,58-62H2,1-2H3/b7-5-,8-6-,13-11-,14-12-,19-17-,22-21-,25-24-,28-27-,31-30-,34-33-,37-36-,40-39-,43-42-,45-18-,51-49-,57-55-. The molecule has 1 N–H and O–H groups in total. The first-order valence-corrected chi connectivity index (χ1v) is 27.0. The predicted molar refractivity (Wildman–Crippen MR) is 306 cm³/mol. The van der Waals surface area contributed by atoms with Crippen molar-refractivity contribution in [3.8, 4) is 0 Å². The summed E-state index contributed by atoms with van der Waals surface area (Å²) in [7, 11) is 0. The normalized spacial score (nSPS) is 13.8. The van der Waals surface area contributed by atoms with E-state index in [-0.39, 0.29) is 25.6 Å². The number of ether oxygens (including phenoxy) is 2. The Balaban J connectivity index is 3.71. The van der Waals surface area contributed by atoms with Crippen LogP contribution in [0.1, 0.15) is 181 Å². The van der Waals surface area contributed by atoms with E-state index >= 15 is 0 Å². The molecule has 0 aliphatic carbocycles. The fourth-order valence-corrected chi connectivity index (χ4v) is 6.45. The Kier molecular flexibility index (Phi) is 53.7. The number of carbonyl (C=O) groups is 2. The van der Waals surface area contributed by atoms with Gasteiger partial charge in [-0.1, -0.05) is 240 Å². The van der Waals surface area contributed by atoms with Crippen LogP contribution in [0.2, 0.25) is 0 Å². The van der Waals surface area contributed by atoms with Crippen LogP contribution in [0.3, 0.4) is 0 Å². The SMILES string of the molecule is CC/C=C\C/C=C\C/C=C\C/C=C\C/C=C\C/C=C\C/C=C\C/C=C\C/C=C\C/C=C\C/C=C\CCCCCCCCCC(=O)OC(CO)COC(=O)C/C=C\C/C=C\C/C=C\C/C=C\C/C=C\CC. The zero-order valence-electron chi connectivity index (χ0n) is 43.9. The minimum atomic E-state index is -0.833. The van der Waals surface area contributed by atoms with Gasteiger partial charge < -0.3 is 14.6 Å². The van der Waals surface area contributed by atoms with Crippen LogP contribution in [0.25, 0.3) is 0 Å². The molecule has 0 aliphatic heterocycles. The molecule has 0 fully saturated rings. The molecule has 0 rings (SSSR count). The van der Waals surface area contributed by atoms with Crippen molar-refractivity contribution in [1.82, 2.24) is 0 Å². The van der Waals surface area contributed by atoms with Gasteiger partial charge in [0, 0.05) is 6.42 Å². The van der Waals surface area contributed by atoms with Gasteiger partial charge in [-0.25, -0.2) is 0 Å². The lowest BCUT2D eigenvalue weighted by atomic mass is 10.1. The highest BCUT2D eigenvalue weighted by Crippen LogP contribution is 2.11. The zero-order valence-corrected chi connectivity index (χ0v) is 43.9. The van der Waals surface area contributed by atoms with Gasteiger partial charge in [0.25, 0.3) is 0 Å². The first-order valence-electron chi connectivity index (χ1n) is 27.0. The average Bonchev–Trinajstić information content (AvgIpc) is 3.36. The van der Waals surface area contributed by atoms with Gasteiger partial charge in [0.1, 0.15) is 6.61 Å². The Labute approximate surface area is 428 Å².